The number of aldehydes is 1. The highest BCUT2D eigenvalue weighted by atomic mass is 32.2. The lowest BCUT2D eigenvalue weighted by atomic mass is 9.97. The quantitative estimate of drug-likeness (QED) is 0.750. The maximum absolute atomic E-state index is 10.7. The zero-order valence-corrected chi connectivity index (χ0v) is 12.9. The molecular formula is C16H22O3S. The maximum Gasteiger partial charge on any atom is 0.164 e. The van der Waals surface area contributed by atoms with Crippen LogP contribution in [-0.2, 0) is 4.79 Å². The van der Waals surface area contributed by atoms with Gasteiger partial charge in [0.05, 0.1) is 7.11 Å². The summed E-state index contributed by atoms with van der Waals surface area (Å²) in [6.07, 6.45) is 3.90. The number of rotatable bonds is 6. The third-order valence-corrected chi connectivity index (χ3v) is 4.70. The molecule has 110 valence electrons. The standard InChI is InChI=1S/C16H22O3S/c1-12(6-9-17)14-4-3-5-15(16(14)18-2)19-13-7-10-20-11-8-13/h3-5,9,12-13H,6-8,10-11H2,1-2H3. The number of thioether (sulfide) groups is 1. The van der Waals surface area contributed by atoms with Crippen LogP contribution in [0.15, 0.2) is 18.2 Å². The monoisotopic (exact) mass is 294 g/mol. The number of para-hydroxylation sites is 1. The molecule has 0 bridgehead atoms. The van der Waals surface area contributed by atoms with E-state index in [1.807, 2.05) is 36.9 Å². The Morgan fingerprint density at radius 1 is 1.40 bits per heavy atom. The second-order valence-corrected chi connectivity index (χ2v) is 6.34. The number of carbonyl (C=O) groups is 1. The molecule has 1 aromatic carbocycles. The summed E-state index contributed by atoms with van der Waals surface area (Å²) in [5.41, 5.74) is 1.04. The van der Waals surface area contributed by atoms with Crippen molar-refractivity contribution >= 4 is 18.0 Å². The van der Waals surface area contributed by atoms with E-state index >= 15 is 0 Å². The molecule has 1 heterocycles. The summed E-state index contributed by atoms with van der Waals surface area (Å²) in [6.45, 7) is 2.04. The van der Waals surface area contributed by atoms with Gasteiger partial charge >= 0.3 is 0 Å². The lowest BCUT2D eigenvalue weighted by Crippen LogP contribution is -2.22. The fourth-order valence-electron chi connectivity index (χ4n) is 2.48. The first-order valence-corrected chi connectivity index (χ1v) is 8.26. The molecule has 0 aliphatic carbocycles. The van der Waals surface area contributed by atoms with Gasteiger partial charge in [-0.2, -0.15) is 11.8 Å². The summed E-state index contributed by atoms with van der Waals surface area (Å²) in [7, 11) is 1.66. The van der Waals surface area contributed by atoms with Gasteiger partial charge in [0.25, 0.3) is 0 Å². The van der Waals surface area contributed by atoms with Crippen LogP contribution in [0.25, 0.3) is 0 Å². The SMILES string of the molecule is COc1c(OC2CCSCC2)cccc1C(C)CC=O. The van der Waals surface area contributed by atoms with Crippen LogP contribution in [0.3, 0.4) is 0 Å². The van der Waals surface area contributed by atoms with Crippen molar-refractivity contribution in [1.82, 2.24) is 0 Å². The second kappa shape index (κ2) is 7.58. The Morgan fingerprint density at radius 3 is 2.80 bits per heavy atom. The molecule has 0 aromatic heterocycles. The van der Waals surface area contributed by atoms with Gasteiger partial charge in [0.15, 0.2) is 11.5 Å². The largest absolute Gasteiger partial charge is 0.493 e. The van der Waals surface area contributed by atoms with Gasteiger partial charge in [0.2, 0.25) is 0 Å². The summed E-state index contributed by atoms with van der Waals surface area (Å²) >= 11 is 1.98. The van der Waals surface area contributed by atoms with Crippen LogP contribution in [0.1, 0.15) is 37.7 Å². The fraction of sp³-hybridized carbons (Fsp3) is 0.562. The summed E-state index contributed by atoms with van der Waals surface area (Å²) in [6, 6.07) is 5.94. The predicted octanol–water partition coefficient (Wildman–Crippen LogP) is 3.66. The minimum absolute atomic E-state index is 0.146. The number of carbonyl (C=O) groups excluding carboxylic acids is 1. The predicted molar refractivity (Wildman–Crippen MR) is 83.1 cm³/mol. The average Bonchev–Trinajstić information content (AvgIpc) is 2.48. The topological polar surface area (TPSA) is 35.5 Å². The Morgan fingerprint density at radius 2 is 2.15 bits per heavy atom. The first-order chi connectivity index (χ1) is 9.76. The van der Waals surface area contributed by atoms with Gasteiger partial charge in [-0.15, -0.1) is 0 Å². The molecule has 0 spiro atoms. The first kappa shape index (κ1) is 15.2. The summed E-state index contributed by atoms with van der Waals surface area (Å²) in [4.78, 5) is 10.7. The molecule has 2 rings (SSSR count). The molecule has 1 aliphatic heterocycles. The van der Waals surface area contributed by atoms with E-state index in [2.05, 4.69) is 0 Å². The highest BCUT2D eigenvalue weighted by Crippen LogP contribution is 2.38. The summed E-state index contributed by atoms with van der Waals surface area (Å²) in [5, 5.41) is 0. The van der Waals surface area contributed by atoms with Crippen LogP contribution < -0.4 is 9.47 Å². The van der Waals surface area contributed by atoms with E-state index in [9.17, 15) is 4.79 Å². The summed E-state index contributed by atoms with van der Waals surface area (Å²) < 4.78 is 11.7. The van der Waals surface area contributed by atoms with Gasteiger partial charge in [0.1, 0.15) is 12.4 Å². The minimum atomic E-state index is 0.146. The maximum atomic E-state index is 10.7. The van der Waals surface area contributed by atoms with Crippen molar-refractivity contribution in [3.63, 3.8) is 0 Å². The van der Waals surface area contributed by atoms with Crippen molar-refractivity contribution in [2.75, 3.05) is 18.6 Å². The molecule has 3 nitrogen and oxygen atoms in total. The van der Waals surface area contributed by atoms with Crippen LogP contribution in [0.2, 0.25) is 0 Å². The fourth-order valence-corrected chi connectivity index (χ4v) is 3.54. The van der Waals surface area contributed by atoms with E-state index in [1.165, 1.54) is 0 Å². The molecule has 1 unspecified atom stereocenters. The van der Waals surface area contributed by atoms with Gasteiger partial charge in [-0.1, -0.05) is 19.1 Å². The van der Waals surface area contributed by atoms with Crippen molar-refractivity contribution in [3.8, 4) is 11.5 Å². The van der Waals surface area contributed by atoms with Crippen LogP contribution in [-0.4, -0.2) is 31.0 Å². The Labute approximate surface area is 125 Å². The molecule has 1 saturated heterocycles. The van der Waals surface area contributed by atoms with E-state index in [1.54, 1.807) is 7.11 Å². The van der Waals surface area contributed by atoms with Crippen LogP contribution >= 0.6 is 11.8 Å². The highest BCUT2D eigenvalue weighted by molar-refractivity contribution is 7.99. The number of methoxy groups -OCH3 is 1. The van der Waals surface area contributed by atoms with Gasteiger partial charge < -0.3 is 14.3 Å². The molecule has 0 amide bonds. The van der Waals surface area contributed by atoms with Crippen molar-refractivity contribution < 1.29 is 14.3 Å². The number of ether oxygens (including phenoxy) is 2. The first-order valence-electron chi connectivity index (χ1n) is 7.11. The van der Waals surface area contributed by atoms with Crippen molar-refractivity contribution in [1.29, 1.82) is 0 Å². The molecule has 0 N–H and O–H groups in total. The van der Waals surface area contributed by atoms with Crippen molar-refractivity contribution in [3.05, 3.63) is 23.8 Å². The number of hydrogen-bond donors (Lipinski definition) is 0. The van der Waals surface area contributed by atoms with E-state index in [-0.39, 0.29) is 12.0 Å². The summed E-state index contributed by atoms with van der Waals surface area (Å²) in [5.74, 6) is 4.05. The Balaban J connectivity index is 2.19. The van der Waals surface area contributed by atoms with E-state index in [4.69, 9.17) is 9.47 Å². The number of benzene rings is 1. The lowest BCUT2D eigenvalue weighted by Gasteiger charge is -2.25. The van der Waals surface area contributed by atoms with Crippen molar-refractivity contribution in [2.24, 2.45) is 0 Å². The second-order valence-electron chi connectivity index (χ2n) is 5.11. The third-order valence-electron chi connectivity index (χ3n) is 3.66. The zero-order valence-electron chi connectivity index (χ0n) is 12.1. The Bertz CT molecular complexity index is 441. The number of hydrogen-bond acceptors (Lipinski definition) is 4. The molecule has 0 radical (unpaired) electrons. The lowest BCUT2D eigenvalue weighted by molar-refractivity contribution is -0.108. The molecule has 1 aliphatic rings. The van der Waals surface area contributed by atoms with Gasteiger partial charge in [0, 0.05) is 12.0 Å². The molecule has 0 saturated carbocycles. The molecule has 1 atom stereocenters. The highest BCUT2D eigenvalue weighted by Gasteiger charge is 2.20. The third kappa shape index (κ3) is 3.69. The Kier molecular flexibility index (Phi) is 5.77. The zero-order chi connectivity index (χ0) is 14.4. The van der Waals surface area contributed by atoms with E-state index < -0.39 is 0 Å². The van der Waals surface area contributed by atoms with Gasteiger partial charge in [-0.05, 0) is 36.3 Å². The molecule has 1 fully saturated rings. The van der Waals surface area contributed by atoms with Gasteiger partial charge in [-0.25, -0.2) is 0 Å². The molecular weight excluding hydrogens is 272 g/mol. The molecule has 1 aromatic rings. The molecule has 20 heavy (non-hydrogen) atoms. The average molecular weight is 294 g/mol. The van der Waals surface area contributed by atoms with Crippen molar-refractivity contribution in [2.45, 2.75) is 38.2 Å². The normalized spacial score (nSPS) is 17.5. The van der Waals surface area contributed by atoms with Gasteiger partial charge in [-0.3, -0.25) is 0 Å². The molecule has 4 heteroatoms. The van der Waals surface area contributed by atoms with Crippen LogP contribution in [0, 0.1) is 0 Å². The van der Waals surface area contributed by atoms with E-state index in [0.29, 0.717) is 6.42 Å². The van der Waals surface area contributed by atoms with Crippen LogP contribution in [0.5, 0.6) is 11.5 Å². The van der Waals surface area contributed by atoms with Crippen LogP contribution in [0.4, 0.5) is 0 Å². The Hall–Kier alpha value is -1.16. The minimum Gasteiger partial charge on any atom is -0.493 e. The smallest absolute Gasteiger partial charge is 0.164 e. The van der Waals surface area contributed by atoms with E-state index in [0.717, 1.165) is 47.7 Å².